The van der Waals surface area contributed by atoms with E-state index < -0.39 is 0 Å². The quantitative estimate of drug-likeness (QED) is 0.212. The molecule has 0 unspecified atom stereocenters. The Balaban J connectivity index is 0.000000183. The number of ketones is 1. The molecule has 0 aliphatic rings. The molecule has 4 nitrogen and oxygen atoms in total. The number of thioether (sulfide) groups is 1. The zero-order valence-corrected chi connectivity index (χ0v) is 22.6. The number of methoxy groups -OCH3 is 3. The van der Waals surface area contributed by atoms with Crippen molar-refractivity contribution in [1.29, 1.82) is 0 Å². The van der Waals surface area contributed by atoms with E-state index >= 15 is 0 Å². The zero-order chi connectivity index (χ0) is 24.9. The largest absolute Gasteiger partial charge is 0.496 e. The third-order valence-corrected chi connectivity index (χ3v) is 7.26. The van der Waals surface area contributed by atoms with Crippen molar-refractivity contribution in [3.8, 4) is 17.2 Å². The lowest BCUT2D eigenvalue weighted by Crippen LogP contribution is -1.94. The van der Waals surface area contributed by atoms with Gasteiger partial charge in [0.2, 0.25) is 0 Å². The molecule has 0 spiro atoms. The summed E-state index contributed by atoms with van der Waals surface area (Å²) in [7, 11) is 4.98. The zero-order valence-electron chi connectivity index (χ0n) is 20.0. The molecule has 0 aliphatic carbocycles. The van der Waals surface area contributed by atoms with Crippen molar-refractivity contribution in [2.24, 2.45) is 0 Å². The third-order valence-electron chi connectivity index (χ3n) is 4.56. The van der Waals surface area contributed by atoms with Crippen LogP contribution in [0.4, 0.5) is 0 Å². The van der Waals surface area contributed by atoms with Gasteiger partial charge in [-0.1, -0.05) is 36.4 Å². The second-order valence-corrected chi connectivity index (χ2v) is 9.45. The van der Waals surface area contributed by atoms with Gasteiger partial charge in [-0.05, 0) is 60.5 Å². The summed E-state index contributed by atoms with van der Waals surface area (Å²) in [6.45, 7) is 3.71. The topological polar surface area (TPSA) is 44.8 Å². The van der Waals surface area contributed by atoms with Crippen LogP contribution < -0.4 is 14.2 Å². The first-order valence-electron chi connectivity index (χ1n) is 10.5. The van der Waals surface area contributed by atoms with Crippen molar-refractivity contribution in [2.45, 2.75) is 23.6 Å². The van der Waals surface area contributed by atoms with Gasteiger partial charge in [0.05, 0.1) is 31.8 Å². The van der Waals surface area contributed by atoms with E-state index in [0.717, 1.165) is 27.0 Å². The Hall–Kier alpha value is -2.61. The molecule has 0 saturated carbocycles. The summed E-state index contributed by atoms with van der Waals surface area (Å²) < 4.78 is 16.6. The maximum atomic E-state index is 10.8. The van der Waals surface area contributed by atoms with Gasteiger partial charge < -0.3 is 14.2 Å². The number of Topliss-reactive ketones (excluding diaryl/α,β-unsaturated/α-hetero) is 1. The second kappa shape index (κ2) is 14.6. The molecule has 0 fully saturated rings. The number of benzene rings is 3. The number of thiol groups is 1. The van der Waals surface area contributed by atoms with Crippen molar-refractivity contribution in [2.75, 3.05) is 27.1 Å². The highest BCUT2D eigenvalue weighted by atomic mass is 32.2. The number of aryl methyl sites for hydroxylation is 1. The van der Waals surface area contributed by atoms with Crippen LogP contribution in [0.2, 0.25) is 0 Å². The molecule has 0 bridgehead atoms. The van der Waals surface area contributed by atoms with Gasteiger partial charge in [0.1, 0.15) is 23.0 Å². The molecule has 0 N–H and O–H groups in total. The van der Waals surface area contributed by atoms with E-state index in [9.17, 15) is 4.79 Å². The Morgan fingerprint density at radius 3 is 2.03 bits per heavy atom. The number of hydrogen-bond acceptors (Lipinski definition) is 7. The fourth-order valence-corrected chi connectivity index (χ4v) is 4.99. The fourth-order valence-electron chi connectivity index (χ4n) is 2.87. The molecule has 3 aromatic carbocycles. The van der Waals surface area contributed by atoms with Crippen molar-refractivity contribution >= 4 is 51.6 Å². The summed E-state index contributed by atoms with van der Waals surface area (Å²) in [5, 5.41) is 3.46. The molecule has 1 heterocycles. The van der Waals surface area contributed by atoms with Crippen LogP contribution in [0.1, 0.15) is 12.5 Å². The minimum atomic E-state index is 0.177. The Morgan fingerprint density at radius 1 is 0.853 bits per heavy atom. The van der Waals surface area contributed by atoms with Gasteiger partial charge in [0.25, 0.3) is 0 Å². The van der Waals surface area contributed by atoms with Gasteiger partial charge >= 0.3 is 0 Å². The molecule has 34 heavy (non-hydrogen) atoms. The van der Waals surface area contributed by atoms with E-state index in [1.807, 2.05) is 60.7 Å². The Kier molecular flexibility index (Phi) is 11.9. The Morgan fingerprint density at radius 2 is 1.44 bits per heavy atom. The highest BCUT2D eigenvalue weighted by Gasteiger charge is 2.04. The molecule has 0 radical (unpaired) electrons. The highest BCUT2D eigenvalue weighted by Crippen LogP contribution is 2.33. The van der Waals surface area contributed by atoms with Gasteiger partial charge in [0, 0.05) is 9.79 Å². The molecule has 1 aromatic heterocycles. The predicted molar refractivity (Wildman–Crippen MR) is 148 cm³/mol. The molecular formula is C27H30O4S3. The van der Waals surface area contributed by atoms with Crippen LogP contribution >= 0.6 is 35.7 Å². The van der Waals surface area contributed by atoms with E-state index in [0.29, 0.717) is 5.75 Å². The maximum Gasteiger partial charge on any atom is 0.140 e. The minimum absolute atomic E-state index is 0.177. The lowest BCUT2D eigenvalue weighted by atomic mass is 10.2. The molecule has 0 amide bonds. The number of para-hydroxylation sites is 2. The number of fused-ring (bicyclic) bond motifs is 1. The summed E-state index contributed by atoms with van der Waals surface area (Å²) in [5.41, 5.74) is 1.33. The lowest BCUT2D eigenvalue weighted by molar-refractivity contribution is -0.114. The number of carbonyl (C=O) groups excluding carboxylic acids is 1. The highest BCUT2D eigenvalue weighted by molar-refractivity contribution is 8.00. The fraction of sp³-hybridized carbons (Fsp3) is 0.222. The first-order valence-corrected chi connectivity index (χ1v) is 12.8. The predicted octanol–water partition coefficient (Wildman–Crippen LogP) is 7.58. The number of hydrogen-bond donors (Lipinski definition) is 1. The molecule has 0 aliphatic heterocycles. The van der Waals surface area contributed by atoms with E-state index in [2.05, 4.69) is 31.0 Å². The average Bonchev–Trinajstić information content (AvgIpc) is 3.25. The SMILES string of the molecule is COc1cccc2c(C)csc12.COc1ccccc1S.COc1ccccc1SCC(C)=O. The van der Waals surface area contributed by atoms with E-state index in [4.69, 9.17) is 14.2 Å². The molecule has 0 atom stereocenters. The normalized spacial score (nSPS) is 9.82. The first-order chi connectivity index (χ1) is 16.4. The van der Waals surface area contributed by atoms with Crippen LogP contribution in [-0.2, 0) is 4.79 Å². The summed E-state index contributed by atoms with van der Waals surface area (Å²) in [4.78, 5) is 12.6. The Bertz CT molecular complexity index is 1190. The lowest BCUT2D eigenvalue weighted by Gasteiger charge is -2.05. The van der Waals surface area contributed by atoms with E-state index in [1.165, 1.54) is 27.4 Å². The van der Waals surface area contributed by atoms with Crippen molar-refractivity contribution < 1.29 is 19.0 Å². The average molecular weight is 515 g/mol. The van der Waals surface area contributed by atoms with Crippen molar-refractivity contribution in [3.05, 3.63) is 77.7 Å². The van der Waals surface area contributed by atoms with E-state index in [1.54, 1.807) is 39.6 Å². The third kappa shape index (κ3) is 8.31. The molecule has 0 saturated heterocycles. The van der Waals surface area contributed by atoms with Crippen LogP contribution in [0.3, 0.4) is 0 Å². The van der Waals surface area contributed by atoms with Gasteiger partial charge in [-0.3, -0.25) is 4.79 Å². The Labute approximate surface area is 215 Å². The second-order valence-electron chi connectivity index (χ2n) is 7.07. The standard InChI is InChI=1S/C10H12O2S.C10H10OS.C7H8OS/c1-8(11)7-13-10-6-4-3-5-9(10)12-2;1-7-6-12-10-8(7)4-3-5-9(10)11-2;1-8-6-4-2-3-5-7(6)9/h3-6H,7H2,1-2H3;3-6H,1-2H3;2-5,9H,1H3. The van der Waals surface area contributed by atoms with Gasteiger partial charge in [0.15, 0.2) is 0 Å². The summed E-state index contributed by atoms with van der Waals surface area (Å²) in [6.07, 6.45) is 0. The number of carbonyl (C=O) groups is 1. The summed E-state index contributed by atoms with van der Waals surface area (Å²) in [6, 6.07) is 21.5. The molecule has 180 valence electrons. The van der Waals surface area contributed by atoms with Gasteiger partial charge in [-0.25, -0.2) is 0 Å². The smallest absolute Gasteiger partial charge is 0.140 e. The monoisotopic (exact) mass is 514 g/mol. The van der Waals surface area contributed by atoms with Crippen LogP contribution in [0, 0.1) is 6.92 Å². The van der Waals surface area contributed by atoms with E-state index in [-0.39, 0.29) is 5.78 Å². The van der Waals surface area contributed by atoms with Crippen molar-refractivity contribution in [1.82, 2.24) is 0 Å². The number of rotatable bonds is 6. The molecule has 4 aromatic rings. The molecular weight excluding hydrogens is 484 g/mol. The van der Waals surface area contributed by atoms with Crippen LogP contribution in [0.5, 0.6) is 17.2 Å². The molecule has 7 heteroatoms. The number of thiophene rings is 1. The first kappa shape index (κ1) is 27.6. The van der Waals surface area contributed by atoms with Crippen molar-refractivity contribution in [3.63, 3.8) is 0 Å². The van der Waals surface area contributed by atoms with Crippen LogP contribution in [0.25, 0.3) is 10.1 Å². The summed E-state index contributed by atoms with van der Waals surface area (Å²) in [5.74, 6) is 3.30. The van der Waals surface area contributed by atoms with Gasteiger partial charge in [-0.2, -0.15) is 0 Å². The van der Waals surface area contributed by atoms with Crippen LogP contribution in [0.15, 0.2) is 81.9 Å². The van der Waals surface area contributed by atoms with Gasteiger partial charge in [-0.15, -0.1) is 35.7 Å². The number of ether oxygens (including phenoxy) is 3. The minimum Gasteiger partial charge on any atom is -0.496 e. The van der Waals surface area contributed by atoms with Crippen LogP contribution in [-0.4, -0.2) is 32.9 Å². The summed E-state index contributed by atoms with van der Waals surface area (Å²) >= 11 is 7.40. The maximum absolute atomic E-state index is 10.8. The molecule has 4 rings (SSSR count).